The van der Waals surface area contributed by atoms with Gasteiger partial charge in [0.05, 0.1) is 12.6 Å². The van der Waals surface area contributed by atoms with E-state index >= 15 is 0 Å². The molecule has 3 heteroatoms. The number of ether oxygens (including phenoxy) is 1. The average Bonchev–Trinajstić information content (AvgIpc) is 2.50. The standard InChI is InChI=1S/C17H22N2O/c1-3-10-19-17(14-8-11-18-12-9-14)15-6-5-7-16(13-15)20-4-2/h5-9,11-13,17,19H,3-4,10H2,1-2H3. The van der Waals surface area contributed by atoms with Gasteiger partial charge in [0, 0.05) is 12.4 Å². The Morgan fingerprint density at radius 1 is 1.10 bits per heavy atom. The van der Waals surface area contributed by atoms with E-state index in [0.29, 0.717) is 6.61 Å². The summed E-state index contributed by atoms with van der Waals surface area (Å²) in [5.41, 5.74) is 2.44. The summed E-state index contributed by atoms with van der Waals surface area (Å²) in [5, 5.41) is 3.59. The minimum absolute atomic E-state index is 0.179. The van der Waals surface area contributed by atoms with Crippen molar-refractivity contribution in [1.82, 2.24) is 10.3 Å². The van der Waals surface area contributed by atoms with E-state index in [4.69, 9.17) is 4.74 Å². The second kappa shape index (κ2) is 7.65. The number of nitrogens with one attached hydrogen (secondary N) is 1. The molecule has 1 heterocycles. The molecule has 0 bridgehead atoms. The second-order valence-electron chi connectivity index (χ2n) is 4.67. The molecule has 1 aromatic heterocycles. The van der Waals surface area contributed by atoms with Gasteiger partial charge in [-0.15, -0.1) is 0 Å². The Kier molecular flexibility index (Phi) is 5.56. The Bertz CT molecular complexity index is 513. The molecule has 1 unspecified atom stereocenters. The maximum absolute atomic E-state index is 5.60. The van der Waals surface area contributed by atoms with Crippen molar-refractivity contribution in [1.29, 1.82) is 0 Å². The highest BCUT2D eigenvalue weighted by Gasteiger charge is 2.13. The lowest BCUT2D eigenvalue weighted by Crippen LogP contribution is -2.23. The van der Waals surface area contributed by atoms with Crippen molar-refractivity contribution in [3.05, 3.63) is 59.9 Å². The predicted octanol–water partition coefficient (Wildman–Crippen LogP) is 3.57. The van der Waals surface area contributed by atoms with E-state index in [9.17, 15) is 0 Å². The quantitative estimate of drug-likeness (QED) is 0.835. The van der Waals surface area contributed by atoms with E-state index in [2.05, 4.69) is 41.5 Å². The van der Waals surface area contributed by atoms with Crippen LogP contribution in [0.5, 0.6) is 5.75 Å². The van der Waals surface area contributed by atoms with Gasteiger partial charge in [0.15, 0.2) is 0 Å². The van der Waals surface area contributed by atoms with Gasteiger partial charge in [0.2, 0.25) is 0 Å². The van der Waals surface area contributed by atoms with Crippen LogP contribution in [-0.2, 0) is 0 Å². The van der Waals surface area contributed by atoms with Crippen LogP contribution in [0.1, 0.15) is 37.4 Å². The molecule has 2 aromatic rings. The van der Waals surface area contributed by atoms with Crippen molar-refractivity contribution < 1.29 is 4.74 Å². The maximum atomic E-state index is 5.60. The van der Waals surface area contributed by atoms with Gasteiger partial charge in [-0.1, -0.05) is 19.1 Å². The molecular weight excluding hydrogens is 248 g/mol. The minimum Gasteiger partial charge on any atom is -0.494 e. The zero-order valence-electron chi connectivity index (χ0n) is 12.2. The molecule has 2 rings (SSSR count). The largest absolute Gasteiger partial charge is 0.494 e. The first-order valence-corrected chi connectivity index (χ1v) is 7.21. The summed E-state index contributed by atoms with van der Waals surface area (Å²) in [6.45, 7) is 5.84. The topological polar surface area (TPSA) is 34.2 Å². The van der Waals surface area contributed by atoms with E-state index in [-0.39, 0.29) is 6.04 Å². The predicted molar refractivity (Wildman–Crippen MR) is 82.0 cm³/mol. The fourth-order valence-corrected chi connectivity index (χ4v) is 2.22. The molecule has 106 valence electrons. The molecule has 0 amide bonds. The van der Waals surface area contributed by atoms with Gasteiger partial charge in [-0.3, -0.25) is 4.98 Å². The van der Waals surface area contributed by atoms with Crippen molar-refractivity contribution in [2.75, 3.05) is 13.2 Å². The van der Waals surface area contributed by atoms with Crippen molar-refractivity contribution in [2.24, 2.45) is 0 Å². The minimum atomic E-state index is 0.179. The molecule has 0 spiro atoms. The van der Waals surface area contributed by atoms with Crippen molar-refractivity contribution >= 4 is 0 Å². The number of nitrogens with zero attached hydrogens (tertiary/aromatic N) is 1. The molecule has 1 atom stereocenters. The second-order valence-corrected chi connectivity index (χ2v) is 4.67. The number of benzene rings is 1. The zero-order valence-corrected chi connectivity index (χ0v) is 12.2. The molecule has 0 saturated heterocycles. The molecule has 3 nitrogen and oxygen atoms in total. The Labute approximate surface area is 121 Å². The summed E-state index contributed by atoms with van der Waals surface area (Å²) >= 11 is 0. The fourth-order valence-electron chi connectivity index (χ4n) is 2.22. The van der Waals surface area contributed by atoms with Gasteiger partial charge in [-0.05, 0) is 55.3 Å². The third kappa shape index (κ3) is 3.81. The molecule has 0 aliphatic rings. The number of aromatic nitrogens is 1. The SMILES string of the molecule is CCCNC(c1ccncc1)c1cccc(OCC)c1. The molecule has 1 aromatic carbocycles. The number of hydrogen-bond acceptors (Lipinski definition) is 3. The molecule has 0 aliphatic carbocycles. The monoisotopic (exact) mass is 270 g/mol. The van der Waals surface area contributed by atoms with Crippen molar-refractivity contribution in [2.45, 2.75) is 26.3 Å². The van der Waals surface area contributed by atoms with Crippen LogP contribution >= 0.6 is 0 Å². The summed E-state index contributed by atoms with van der Waals surface area (Å²) in [5.74, 6) is 0.919. The zero-order chi connectivity index (χ0) is 14.2. The molecule has 20 heavy (non-hydrogen) atoms. The smallest absolute Gasteiger partial charge is 0.119 e. The van der Waals surface area contributed by atoms with Gasteiger partial charge < -0.3 is 10.1 Å². The lowest BCUT2D eigenvalue weighted by atomic mass is 9.99. The third-order valence-electron chi connectivity index (χ3n) is 3.14. The molecule has 0 saturated carbocycles. The lowest BCUT2D eigenvalue weighted by Gasteiger charge is -2.20. The number of rotatable bonds is 7. The Morgan fingerprint density at radius 2 is 1.90 bits per heavy atom. The summed E-state index contributed by atoms with van der Waals surface area (Å²) < 4.78 is 5.60. The third-order valence-corrected chi connectivity index (χ3v) is 3.14. The van der Waals surface area contributed by atoms with Crippen molar-refractivity contribution in [3.63, 3.8) is 0 Å². The summed E-state index contributed by atoms with van der Waals surface area (Å²) in [6, 6.07) is 12.6. The summed E-state index contributed by atoms with van der Waals surface area (Å²) in [7, 11) is 0. The molecular formula is C17H22N2O. The van der Waals surface area contributed by atoms with Crippen LogP contribution in [-0.4, -0.2) is 18.1 Å². The first kappa shape index (κ1) is 14.5. The van der Waals surface area contributed by atoms with Crippen LogP contribution in [0.4, 0.5) is 0 Å². The van der Waals surface area contributed by atoms with E-state index in [1.54, 1.807) is 0 Å². The van der Waals surface area contributed by atoms with E-state index in [1.807, 2.05) is 31.5 Å². The maximum Gasteiger partial charge on any atom is 0.119 e. The highest BCUT2D eigenvalue weighted by Crippen LogP contribution is 2.25. The average molecular weight is 270 g/mol. The van der Waals surface area contributed by atoms with E-state index < -0.39 is 0 Å². The first-order chi connectivity index (χ1) is 9.85. The van der Waals surface area contributed by atoms with Crippen LogP contribution in [0.3, 0.4) is 0 Å². The lowest BCUT2D eigenvalue weighted by molar-refractivity contribution is 0.339. The van der Waals surface area contributed by atoms with Crippen molar-refractivity contribution in [3.8, 4) is 5.75 Å². The Balaban J connectivity index is 2.28. The van der Waals surface area contributed by atoms with Crippen LogP contribution in [0.15, 0.2) is 48.8 Å². The van der Waals surface area contributed by atoms with Gasteiger partial charge >= 0.3 is 0 Å². The van der Waals surface area contributed by atoms with E-state index in [1.165, 1.54) is 11.1 Å². The molecule has 0 fully saturated rings. The van der Waals surface area contributed by atoms with Gasteiger partial charge in [0.25, 0.3) is 0 Å². The fraction of sp³-hybridized carbons (Fsp3) is 0.353. The van der Waals surface area contributed by atoms with Crippen LogP contribution < -0.4 is 10.1 Å². The highest BCUT2D eigenvalue weighted by atomic mass is 16.5. The Morgan fingerprint density at radius 3 is 2.60 bits per heavy atom. The highest BCUT2D eigenvalue weighted by molar-refractivity contribution is 5.36. The van der Waals surface area contributed by atoms with Crippen LogP contribution in [0.25, 0.3) is 0 Å². The Hall–Kier alpha value is -1.87. The van der Waals surface area contributed by atoms with Crippen LogP contribution in [0, 0.1) is 0 Å². The van der Waals surface area contributed by atoms with E-state index in [0.717, 1.165) is 18.7 Å². The first-order valence-electron chi connectivity index (χ1n) is 7.21. The van der Waals surface area contributed by atoms with Gasteiger partial charge in [-0.2, -0.15) is 0 Å². The van der Waals surface area contributed by atoms with Gasteiger partial charge in [0.1, 0.15) is 5.75 Å². The normalized spacial score (nSPS) is 12.1. The molecule has 1 N–H and O–H groups in total. The number of hydrogen-bond donors (Lipinski definition) is 1. The molecule has 0 aliphatic heterocycles. The van der Waals surface area contributed by atoms with Crippen LogP contribution in [0.2, 0.25) is 0 Å². The molecule has 0 radical (unpaired) electrons. The summed E-state index contributed by atoms with van der Waals surface area (Å²) in [6.07, 6.45) is 4.78. The number of pyridine rings is 1. The summed E-state index contributed by atoms with van der Waals surface area (Å²) in [4.78, 5) is 4.10. The van der Waals surface area contributed by atoms with Gasteiger partial charge in [-0.25, -0.2) is 0 Å².